The number of aromatic nitrogens is 2. The lowest BCUT2D eigenvalue weighted by molar-refractivity contribution is 0.169. The summed E-state index contributed by atoms with van der Waals surface area (Å²) in [5.74, 6) is 1.12. The molecule has 3 heteroatoms. The summed E-state index contributed by atoms with van der Waals surface area (Å²) in [7, 11) is 0. The maximum absolute atomic E-state index is 4.77. The van der Waals surface area contributed by atoms with E-state index in [0.717, 1.165) is 17.8 Å². The van der Waals surface area contributed by atoms with Crippen molar-refractivity contribution in [2.75, 3.05) is 13.1 Å². The molecule has 1 aromatic carbocycles. The Morgan fingerprint density at radius 3 is 2.79 bits per heavy atom. The average molecular weight is 257 g/mol. The van der Waals surface area contributed by atoms with Crippen LogP contribution in [0.3, 0.4) is 0 Å². The van der Waals surface area contributed by atoms with Gasteiger partial charge >= 0.3 is 0 Å². The quantitative estimate of drug-likeness (QED) is 0.909. The van der Waals surface area contributed by atoms with Crippen molar-refractivity contribution in [2.24, 2.45) is 0 Å². The van der Waals surface area contributed by atoms with Crippen molar-refractivity contribution in [3.05, 3.63) is 29.6 Å². The molecule has 2 aromatic rings. The van der Waals surface area contributed by atoms with E-state index in [4.69, 9.17) is 4.98 Å². The van der Waals surface area contributed by atoms with Gasteiger partial charge in [-0.1, -0.05) is 19.4 Å². The molecule has 1 atom stereocenters. The molecule has 2 heterocycles. The number of aromatic amines is 1. The number of rotatable bonds is 3. The first-order valence-corrected chi connectivity index (χ1v) is 7.50. The predicted octanol–water partition coefficient (Wildman–Crippen LogP) is 3.67. The van der Waals surface area contributed by atoms with Gasteiger partial charge in [-0.05, 0) is 57.0 Å². The molecular weight excluding hydrogens is 234 g/mol. The minimum Gasteiger partial charge on any atom is -0.341 e. The van der Waals surface area contributed by atoms with Gasteiger partial charge in [-0.2, -0.15) is 0 Å². The Kier molecular flexibility index (Phi) is 3.56. The lowest BCUT2D eigenvalue weighted by Gasteiger charge is -2.31. The van der Waals surface area contributed by atoms with Crippen LogP contribution in [-0.2, 0) is 6.42 Å². The fourth-order valence-corrected chi connectivity index (χ4v) is 2.97. The number of H-pyrrole nitrogens is 1. The van der Waals surface area contributed by atoms with Crippen molar-refractivity contribution in [3.8, 4) is 0 Å². The van der Waals surface area contributed by atoms with Crippen LogP contribution >= 0.6 is 0 Å². The molecule has 0 aliphatic carbocycles. The van der Waals surface area contributed by atoms with E-state index in [-0.39, 0.29) is 0 Å². The molecule has 1 N–H and O–H groups in total. The Morgan fingerprint density at radius 2 is 2.05 bits per heavy atom. The van der Waals surface area contributed by atoms with Crippen molar-refractivity contribution in [2.45, 2.75) is 45.6 Å². The van der Waals surface area contributed by atoms with Gasteiger partial charge in [0.2, 0.25) is 0 Å². The van der Waals surface area contributed by atoms with Crippen molar-refractivity contribution >= 4 is 11.0 Å². The second kappa shape index (κ2) is 5.33. The summed E-state index contributed by atoms with van der Waals surface area (Å²) in [4.78, 5) is 10.8. The van der Waals surface area contributed by atoms with Gasteiger partial charge < -0.3 is 4.98 Å². The lowest BCUT2D eigenvalue weighted by atomic mass is 10.1. The molecule has 0 amide bonds. The number of likely N-dealkylation sites (tertiary alicyclic amines) is 1. The highest BCUT2D eigenvalue weighted by atomic mass is 15.2. The molecule has 0 spiro atoms. The largest absolute Gasteiger partial charge is 0.341 e. The molecule has 3 rings (SSSR count). The summed E-state index contributed by atoms with van der Waals surface area (Å²) >= 11 is 0. The number of aryl methyl sites for hydroxylation is 1. The number of fused-ring (bicyclic) bond motifs is 1. The van der Waals surface area contributed by atoms with Crippen LogP contribution in [-0.4, -0.2) is 28.0 Å². The van der Waals surface area contributed by atoms with Crippen LogP contribution in [0.2, 0.25) is 0 Å². The zero-order valence-corrected chi connectivity index (χ0v) is 11.9. The van der Waals surface area contributed by atoms with Gasteiger partial charge in [-0.15, -0.1) is 0 Å². The highest BCUT2D eigenvalue weighted by Crippen LogP contribution is 2.24. The van der Waals surface area contributed by atoms with Crippen LogP contribution in [0.1, 0.15) is 50.5 Å². The number of nitrogens with zero attached hydrogens (tertiary/aromatic N) is 2. The van der Waals surface area contributed by atoms with E-state index in [1.165, 1.54) is 43.4 Å². The Hall–Kier alpha value is -1.35. The third-order valence-corrected chi connectivity index (χ3v) is 4.31. The number of piperidine rings is 1. The van der Waals surface area contributed by atoms with E-state index < -0.39 is 0 Å². The molecule has 1 aliphatic heterocycles. The number of nitrogens with one attached hydrogen (secondary N) is 1. The number of hydrogen-bond acceptors (Lipinski definition) is 2. The SMILES string of the molecule is CCc1ccc2nc(C(C)N3CCCCC3)[nH]c2c1. The van der Waals surface area contributed by atoms with Gasteiger partial charge in [0.25, 0.3) is 0 Å². The third kappa shape index (κ3) is 2.52. The molecule has 1 saturated heterocycles. The van der Waals surface area contributed by atoms with Gasteiger partial charge in [0.05, 0.1) is 17.1 Å². The van der Waals surface area contributed by atoms with E-state index in [1.54, 1.807) is 0 Å². The molecule has 0 bridgehead atoms. The topological polar surface area (TPSA) is 31.9 Å². The van der Waals surface area contributed by atoms with E-state index in [2.05, 4.69) is 41.9 Å². The highest BCUT2D eigenvalue weighted by Gasteiger charge is 2.20. The van der Waals surface area contributed by atoms with Crippen molar-refractivity contribution in [1.82, 2.24) is 14.9 Å². The van der Waals surface area contributed by atoms with Gasteiger partial charge in [-0.3, -0.25) is 4.90 Å². The molecule has 102 valence electrons. The second-order valence-corrected chi connectivity index (χ2v) is 5.60. The Bertz CT molecular complexity index is 552. The summed E-state index contributed by atoms with van der Waals surface area (Å²) in [6.07, 6.45) is 5.10. The third-order valence-electron chi connectivity index (χ3n) is 4.31. The second-order valence-electron chi connectivity index (χ2n) is 5.60. The first-order chi connectivity index (χ1) is 9.28. The van der Waals surface area contributed by atoms with Gasteiger partial charge in [0.15, 0.2) is 0 Å². The van der Waals surface area contributed by atoms with Crippen LogP contribution < -0.4 is 0 Å². The van der Waals surface area contributed by atoms with Crippen molar-refractivity contribution in [3.63, 3.8) is 0 Å². The smallest absolute Gasteiger partial charge is 0.124 e. The number of benzene rings is 1. The van der Waals surface area contributed by atoms with Gasteiger partial charge in [-0.25, -0.2) is 4.98 Å². The normalized spacial score (nSPS) is 18.8. The van der Waals surface area contributed by atoms with E-state index in [9.17, 15) is 0 Å². The first kappa shape index (κ1) is 12.7. The summed E-state index contributed by atoms with van der Waals surface area (Å²) in [6.45, 7) is 6.87. The van der Waals surface area contributed by atoms with Crippen molar-refractivity contribution in [1.29, 1.82) is 0 Å². The Labute approximate surface area is 115 Å². The maximum atomic E-state index is 4.77. The monoisotopic (exact) mass is 257 g/mol. The number of imidazole rings is 1. The minimum atomic E-state index is 0.401. The Morgan fingerprint density at radius 1 is 1.26 bits per heavy atom. The van der Waals surface area contributed by atoms with Crippen LogP contribution in [0.5, 0.6) is 0 Å². The summed E-state index contributed by atoms with van der Waals surface area (Å²) < 4.78 is 0. The minimum absolute atomic E-state index is 0.401. The predicted molar refractivity (Wildman–Crippen MR) is 79.3 cm³/mol. The molecular formula is C16H23N3. The molecule has 19 heavy (non-hydrogen) atoms. The van der Waals surface area contributed by atoms with Crippen LogP contribution in [0.4, 0.5) is 0 Å². The number of hydrogen-bond donors (Lipinski definition) is 1. The van der Waals surface area contributed by atoms with E-state index in [1.807, 2.05) is 0 Å². The average Bonchev–Trinajstić information content (AvgIpc) is 2.90. The summed E-state index contributed by atoms with van der Waals surface area (Å²) in [6, 6.07) is 6.95. The summed E-state index contributed by atoms with van der Waals surface area (Å²) in [5.41, 5.74) is 3.64. The first-order valence-electron chi connectivity index (χ1n) is 7.50. The fraction of sp³-hybridized carbons (Fsp3) is 0.562. The van der Waals surface area contributed by atoms with Crippen molar-refractivity contribution < 1.29 is 0 Å². The molecule has 1 fully saturated rings. The van der Waals surface area contributed by atoms with Crippen LogP contribution in [0, 0.1) is 0 Å². The zero-order valence-electron chi connectivity index (χ0n) is 11.9. The molecule has 1 aromatic heterocycles. The van der Waals surface area contributed by atoms with Crippen LogP contribution in [0.25, 0.3) is 11.0 Å². The summed E-state index contributed by atoms with van der Waals surface area (Å²) in [5, 5.41) is 0. The van der Waals surface area contributed by atoms with E-state index >= 15 is 0 Å². The molecule has 3 nitrogen and oxygen atoms in total. The lowest BCUT2D eigenvalue weighted by Crippen LogP contribution is -2.32. The van der Waals surface area contributed by atoms with Gasteiger partial charge in [0, 0.05) is 0 Å². The maximum Gasteiger partial charge on any atom is 0.124 e. The molecule has 0 saturated carbocycles. The highest BCUT2D eigenvalue weighted by molar-refractivity contribution is 5.76. The standard InChI is InChI=1S/C16H23N3/c1-3-13-7-8-14-15(11-13)18-16(17-14)12(2)19-9-5-4-6-10-19/h7-8,11-12H,3-6,9-10H2,1-2H3,(H,17,18). The molecule has 1 aliphatic rings. The fourth-order valence-electron chi connectivity index (χ4n) is 2.97. The van der Waals surface area contributed by atoms with E-state index in [0.29, 0.717) is 6.04 Å². The molecule has 1 unspecified atom stereocenters. The Balaban J connectivity index is 1.87. The zero-order chi connectivity index (χ0) is 13.2. The molecule has 0 radical (unpaired) electrons. The van der Waals surface area contributed by atoms with Gasteiger partial charge in [0.1, 0.15) is 5.82 Å². The van der Waals surface area contributed by atoms with Crippen LogP contribution in [0.15, 0.2) is 18.2 Å².